The molecule has 2 amide bonds. The molecule has 3 aliphatic rings. The van der Waals surface area contributed by atoms with E-state index in [1.54, 1.807) is 25.7 Å². The first-order valence-electron chi connectivity index (χ1n) is 6.24. The minimum Gasteiger partial charge on any atom is -0.444 e. The van der Waals surface area contributed by atoms with Crippen LogP contribution in [0.2, 0.25) is 0 Å². The SMILES string of the molecule is CC(C)(C)OC(=O)N1C2CC1C(=O)N(CCO)C2. The summed E-state index contributed by atoms with van der Waals surface area (Å²) in [4.78, 5) is 27.1. The zero-order chi connectivity index (χ0) is 13.5. The summed E-state index contributed by atoms with van der Waals surface area (Å²) in [6.45, 7) is 6.21. The largest absolute Gasteiger partial charge is 0.444 e. The maximum Gasteiger partial charge on any atom is 0.411 e. The van der Waals surface area contributed by atoms with Gasteiger partial charge in [0.1, 0.15) is 11.6 Å². The molecule has 18 heavy (non-hydrogen) atoms. The number of piperidine rings is 1. The van der Waals surface area contributed by atoms with Crippen LogP contribution in [0.25, 0.3) is 0 Å². The Bertz CT molecular complexity index is 364. The normalized spacial score (nSPS) is 27.0. The number of hydrogen-bond donors (Lipinski definition) is 1. The Hall–Kier alpha value is -1.30. The van der Waals surface area contributed by atoms with Crippen molar-refractivity contribution in [1.29, 1.82) is 0 Å². The lowest BCUT2D eigenvalue weighted by Gasteiger charge is -2.54. The molecule has 3 rings (SSSR count). The third-order valence-electron chi connectivity index (χ3n) is 3.23. The fourth-order valence-corrected chi connectivity index (χ4v) is 2.45. The fraction of sp³-hybridized carbons (Fsp3) is 0.833. The van der Waals surface area contributed by atoms with Gasteiger partial charge >= 0.3 is 6.09 Å². The first-order chi connectivity index (χ1) is 8.33. The number of carbonyl (C=O) groups excluding carboxylic acids is 2. The van der Waals surface area contributed by atoms with E-state index in [1.165, 1.54) is 4.90 Å². The molecule has 0 radical (unpaired) electrons. The summed E-state index contributed by atoms with van der Waals surface area (Å²) in [7, 11) is 0. The van der Waals surface area contributed by atoms with Gasteiger partial charge < -0.3 is 14.7 Å². The Kier molecular flexibility index (Phi) is 3.23. The number of ether oxygens (including phenoxy) is 1. The van der Waals surface area contributed by atoms with E-state index in [0.29, 0.717) is 19.5 Å². The average molecular weight is 256 g/mol. The van der Waals surface area contributed by atoms with Gasteiger partial charge in [-0.3, -0.25) is 9.69 Å². The molecule has 6 heteroatoms. The highest BCUT2D eigenvalue weighted by molar-refractivity contribution is 5.89. The third-order valence-corrected chi connectivity index (χ3v) is 3.23. The van der Waals surface area contributed by atoms with Crippen molar-refractivity contribution in [2.45, 2.75) is 44.9 Å². The molecule has 3 saturated heterocycles. The van der Waals surface area contributed by atoms with Crippen LogP contribution >= 0.6 is 0 Å². The lowest BCUT2D eigenvalue weighted by molar-refractivity contribution is -0.158. The molecule has 2 bridgehead atoms. The first-order valence-corrected chi connectivity index (χ1v) is 6.24. The minimum absolute atomic E-state index is 0.0362. The highest BCUT2D eigenvalue weighted by atomic mass is 16.6. The van der Waals surface area contributed by atoms with Crippen LogP contribution in [0.15, 0.2) is 0 Å². The maximum absolute atomic E-state index is 12.0. The number of fused-ring (bicyclic) bond motifs is 2. The summed E-state index contributed by atoms with van der Waals surface area (Å²) in [5.41, 5.74) is -0.547. The van der Waals surface area contributed by atoms with E-state index in [2.05, 4.69) is 0 Å². The molecule has 1 N–H and O–H groups in total. The molecule has 0 aromatic carbocycles. The Morgan fingerprint density at radius 1 is 1.50 bits per heavy atom. The van der Waals surface area contributed by atoms with Gasteiger partial charge in [0.25, 0.3) is 0 Å². The summed E-state index contributed by atoms with van der Waals surface area (Å²) in [6.07, 6.45) is 0.292. The highest BCUT2D eigenvalue weighted by Crippen LogP contribution is 2.34. The number of nitrogens with zero attached hydrogens (tertiary/aromatic N) is 2. The second kappa shape index (κ2) is 4.42. The van der Waals surface area contributed by atoms with E-state index in [0.717, 1.165) is 0 Å². The van der Waals surface area contributed by atoms with Crippen LogP contribution < -0.4 is 0 Å². The summed E-state index contributed by atoms with van der Waals surface area (Å²) < 4.78 is 5.29. The molecule has 0 saturated carbocycles. The van der Waals surface area contributed by atoms with E-state index >= 15 is 0 Å². The first kappa shape index (κ1) is 13.1. The van der Waals surface area contributed by atoms with Crippen molar-refractivity contribution in [2.75, 3.05) is 19.7 Å². The minimum atomic E-state index is -0.547. The Balaban J connectivity index is 1.99. The maximum atomic E-state index is 12.0. The van der Waals surface area contributed by atoms with Crippen LogP contribution in [-0.2, 0) is 9.53 Å². The second-order valence-electron chi connectivity index (χ2n) is 5.80. The molecule has 3 fully saturated rings. The van der Waals surface area contributed by atoms with E-state index in [9.17, 15) is 9.59 Å². The molecule has 3 heterocycles. The molecule has 6 nitrogen and oxygen atoms in total. The van der Waals surface area contributed by atoms with Gasteiger partial charge in [-0.05, 0) is 27.2 Å². The Morgan fingerprint density at radius 3 is 2.67 bits per heavy atom. The van der Waals surface area contributed by atoms with Crippen molar-refractivity contribution in [3.63, 3.8) is 0 Å². The summed E-state index contributed by atoms with van der Waals surface area (Å²) in [5.74, 6) is -0.0857. The van der Waals surface area contributed by atoms with Gasteiger partial charge in [0.05, 0.1) is 12.6 Å². The second-order valence-corrected chi connectivity index (χ2v) is 5.80. The van der Waals surface area contributed by atoms with Crippen LogP contribution in [0.1, 0.15) is 27.2 Å². The van der Waals surface area contributed by atoms with Gasteiger partial charge in [-0.2, -0.15) is 0 Å². The van der Waals surface area contributed by atoms with Crippen LogP contribution in [-0.4, -0.2) is 64.3 Å². The molecule has 0 aromatic rings. The van der Waals surface area contributed by atoms with E-state index in [1.807, 2.05) is 0 Å². The number of piperazine rings is 1. The number of rotatable bonds is 2. The zero-order valence-corrected chi connectivity index (χ0v) is 11.0. The number of aliphatic hydroxyl groups is 1. The van der Waals surface area contributed by atoms with Gasteiger partial charge in [0.15, 0.2) is 0 Å². The molecule has 102 valence electrons. The number of hydrogen-bond acceptors (Lipinski definition) is 4. The van der Waals surface area contributed by atoms with E-state index in [-0.39, 0.29) is 18.6 Å². The highest BCUT2D eigenvalue weighted by Gasteiger charge is 2.53. The molecule has 3 aliphatic heterocycles. The number of aliphatic hydroxyl groups excluding tert-OH is 1. The van der Waals surface area contributed by atoms with E-state index < -0.39 is 17.7 Å². The molecule has 2 atom stereocenters. The fourth-order valence-electron chi connectivity index (χ4n) is 2.45. The topological polar surface area (TPSA) is 70.1 Å². The molecular weight excluding hydrogens is 236 g/mol. The van der Waals surface area contributed by atoms with Crippen LogP contribution in [0.5, 0.6) is 0 Å². The van der Waals surface area contributed by atoms with Crippen LogP contribution in [0.4, 0.5) is 4.79 Å². The predicted octanol–water partition coefficient (Wildman–Crippen LogP) is 0.199. The van der Waals surface area contributed by atoms with Gasteiger partial charge in [-0.1, -0.05) is 0 Å². The number of carbonyl (C=O) groups is 2. The average Bonchev–Trinajstić information content (AvgIpc) is 2.16. The molecule has 0 spiro atoms. The quantitative estimate of drug-likeness (QED) is 0.766. The number of amides is 2. The summed E-state index contributed by atoms with van der Waals surface area (Å²) >= 11 is 0. The summed E-state index contributed by atoms with van der Waals surface area (Å²) in [5, 5.41) is 8.87. The Morgan fingerprint density at radius 2 is 2.17 bits per heavy atom. The molecule has 0 aliphatic carbocycles. The summed E-state index contributed by atoms with van der Waals surface area (Å²) in [6, 6.07) is -0.362. The monoisotopic (exact) mass is 256 g/mol. The van der Waals surface area contributed by atoms with E-state index in [4.69, 9.17) is 9.84 Å². The smallest absolute Gasteiger partial charge is 0.411 e. The van der Waals surface area contributed by atoms with Crippen molar-refractivity contribution in [2.24, 2.45) is 0 Å². The lowest BCUT2D eigenvalue weighted by Crippen LogP contribution is -2.73. The van der Waals surface area contributed by atoms with Crippen molar-refractivity contribution in [3.05, 3.63) is 0 Å². The zero-order valence-electron chi connectivity index (χ0n) is 11.0. The standard InChI is InChI=1S/C12H20N2O4/c1-12(2,3)18-11(17)14-8-6-9(14)10(16)13(7-8)4-5-15/h8-9,15H,4-7H2,1-3H3. The molecule has 2 unspecified atom stereocenters. The lowest BCUT2D eigenvalue weighted by atomic mass is 9.87. The van der Waals surface area contributed by atoms with Crippen LogP contribution in [0, 0.1) is 0 Å². The van der Waals surface area contributed by atoms with Crippen molar-refractivity contribution < 1.29 is 19.4 Å². The van der Waals surface area contributed by atoms with Gasteiger partial charge in [0.2, 0.25) is 5.91 Å². The van der Waals surface area contributed by atoms with Gasteiger partial charge in [0, 0.05) is 13.1 Å². The molecule has 0 aromatic heterocycles. The Labute approximate surface area is 106 Å². The van der Waals surface area contributed by atoms with Gasteiger partial charge in [-0.25, -0.2) is 4.79 Å². The molecular formula is C12H20N2O4. The third kappa shape index (κ3) is 2.29. The van der Waals surface area contributed by atoms with Crippen molar-refractivity contribution >= 4 is 12.0 Å². The van der Waals surface area contributed by atoms with Crippen LogP contribution in [0.3, 0.4) is 0 Å². The van der Waals surface area contributed by atoms with Crippen molar-refractivity contribution in [1.82, 2.24) is 9.80 Å². The van der Waals surface area contributed by atoms with Crippen molar-refractivity contribution in [3.8, 4) is 0 Å². The van der Waals surface area contributed by atoms with Gasteiger partial charge in [-0.15, -0.1) is 0 Å². The predicted molar refractivity (Wildman–Crippen MR) is 63.9 cm³/mol.